The largest absolute Gasteiger partial charge is 0.490 e. The zero-order valence-electron chi connectivity index (χ0n) is 8.65. The molecule has 0 aliphatic heterocycles. The second-order valence-electron chi connectivity index (χ2n) is 3.09. The Balaban J connectivity index is 2.81. The molecule has 1 aromatic carbocycles. The highest BCUT2D eigenvalue weighted by atomic mass is 16.5. The second kappa shape index (κ2) is 3.65. The summed E-state index contributed by atoms with van der Waals surface area (Å²) in [7, 11) is 3.09. The number of ether oxygens (including phenoxy) is 2. The molecular formula is C11H12N2O2. The van der Waals surface area contributed by atoms with Gasteiger partial charge in [-0.2, -0.15) is 0 Å². The summed E-state index contributed by atoms with van der Waals surface area (Å²) in [4.78, 5) is 4.30. The molecule has 4 nitrogen and oxygen atoms in total. The SMILES string of the molecule is COc1nc2ccccc2c(N)c1OC. The Morgan fingerprint density at radius 3 is 2.53 bits per heavy atom. The van der Waals surface area contributed by atoms with Gasteiger partial charge >= 0.3 is 0 Å². The third-order valence-corrected chi connectivity index (χ3v) is 2.25. The van der Waals surface area contributed by atoms with Crippen LogP contribution in [0.15, 0.2) is 24.3 Å². The van der Waals surface area contributed by atoms with Gasteiger partial charge in [-0.25, -0.2) is 4.98 Å². The molecule has 15 heavy (non-hydrogen) atoms. The summed E-state index contributed by atoms with van der Waals surface area (Å²) in [5.41, 5.74) is 7.32. The summed E-state index contributed by atoms with van der Waals surface area (Å²) in [5, 5.41) is 0.871. The van der Waals surface area contributed by atoms with Gasteiger partial charge in [0.2, 0.25) is 5.75 Å². The molecule has 0 bridgehead atoms. The van der Waals surface area contributed by atoms with Gasteiger partial charge in [-0.05, 0) is 6.07 Å². The minimum absolute atomic E-state index is 0.411. The van der Waals surface area contributed by atoms with Gasteiger partial charge < -0.3 is 15.2 Å². The number of nitrogen functional groups attached to an aromatic ring is 1. The highest BCUT2D eigenvalue weighted by Gasteiger charge is 2.13. The summed E-state index contributed by atoms with van der Waals surface area (Å²) in [6, 6.07) is 7.60. The van der Waals surface area contributed by atoms with Crippen LogP contribution in [0.5, 0.6) is 11.6 Å². The number of aromatic nitrogens is 1. The van der Waals surface area contributed by atoms with E-state index in [2.05, 4.69) is 4.98 Å². The van der Waals surface area contributed by atoms with E-state index in [1.165, 1.54) is 0 Å². The molecule has 1 aromatic heterocycles. The van der Waals surface area contributed by atoms with Crippen molar-refractivity contribution in [1.29, 1.82) is 0 Å². The number of para-hydroxylation sites is 1. The average molecular weight is 204 g/mol. The number of rotatable bonds is 2. The molecule has 0 atom stereocenters. The second-order valence-corrected chi connectivity index (χ2v) is 3.09. The fourth-order valence-corrected chi connectivity index (χ4v) is 1.53. The quantitative estimate of drug-likeness (QED) is 0.810. The lowest BCUT2D eigenvalue weighted by atomic mass is 10.2. The van der Waals surface area contributed by atoms with Gasteiger partial charge in [0, 0.05) is 5.39 Å². The number of nitrogens with zero attached hydrogens (tertiary/aromatic N) is 1. The molecule has 0 fully saturated rings. The predicted molar refractivity (Wildman–Crippen MR) is 59.3 cm³/mol. The first-order valence-corrected chi connectivity index (χ1v) is 4.54. The van der Waals surface area contributed by atoms with Crippen molar-refractivity contribution in [3.63, 3.8) is 0 Å². The first-order chi connectivity index (χ1) is 7.27. The molecule has 0 saturated carbocycles. The Labute approximate surface area is 87.6 Å². The fourth-order valence-electron chi connectivity index (χ4n) is 1.53. The first kappa shape index (κ1) is 9.58. The van der Waals surface area contributed by atoms with Gasteiger partial charge in [0.1, 0.15) is 0 Å². The van der Waals surface area contributed by atoms with Crippen molar-refractivity contribution in [2.24, 2.45) is 0 Å². The molecule has 78 valence electrons. The van der Waals surface area contributed by atoms with Crippen LogP contribution in [0.3, 0.4) is 0 Å². The van der Waals surface area contributed by atoms with Crippen LogP contribution >= 0.6 is 0 Å². The number of anilines is 1. The normalized spacial score (nSPS) is 10.3. The average Bonchev–Trinajstić information content (AvgIpc) is 2.29. The zero-order chi connectivity index (χ0) is 10.8. The Hall–Kier alpha value is -1.97. The summed E-state index contributed by atoms with van der Waals surface area (Å²) in [6.07, 6.45) is 0. The Kier molecular flexibility index (Phi) is 2.33. The van der Waals surface area contributed by atoms with Crippen LogP contribution in [0.2, 0.25) is 0 Å². The van der Waals surface area contributed by atoms with Crippen molar-refractivity contribution in [3.05, 3.63) is 24.3 Å². The fraction of sp³-hybridized carbons (Fsp3) is 0.182. The van der Waals surface area contributed by atoms with E-state index in [0.717, 1.165) is 10.9 Å². The Morgan fingerprint density at radius 2 is 1.87 bits per heavy atom. The molecule has 0 amide bonds. The predicted octanol–water partition coefficient (Wildman–Crippen LogP) is 1.83. The van der Waals surface area contributed by atoms with Crippen molar-refractivity contribution >= 4 is 16.6 Å². The zero-order valence-corrected chi connectivity index (χ0v) is 8.65. The van der Waals surface area contributed by atoms with Gasteiger partial charge in [-0.3, -0.25) is 0 Å². The van der Waals surface area contributed by atoms with Crippen LogP contribution in [0.25, 0.3) is 10.9 Å². The van der Waals surface area contributed by atoms with Gasteiger partial charge in [0.05, 0.1) is 25.4 Å². The first-order valence-electron chi connectivity index (χ1n) is 4.54. The van der Waals surface area contributed by atoms with Crippen molar-refractivity contribution in [2.45, 2.75) is 0 Å². The molecule has 0 spiro atoms. The molecule has 0 radical (unpaired) electrons. The van der Waals surface area contributed by atoms with E-state index >= 15 is 0 Å². The van der Waals surface area contributed by atoms with Crippen LogP contribution in [-0.2, 0) is 0 Å². The van der Waals surface area contributed by atoms with Crippen LogP contribution < -0.4 is 15.2 Å². The van der Waals surface area contributed by atoms with E-state index in [9.17, 15) is 0 Å². The number of nitrogens with two attached hydrogens (primary N) is 1. The third kappa shape index (κ3) is 1.44. The van der Waals surface area contributed by atoms with E-state index in [0.29, 0.717) is 17.3 Å². The van der Waals surface area contributed by atoms with Crippen molar-refractivity contribution < 1.29 is 9.47 Å². The van der Waals surface area contributed by atoms with Crippen molar-refractivity contribution in [3.8, 4) is 11.6 Å². The molecule has 2 N–H and O–H groups in total. The molecule has 0 aliphatic rings. The Bertz CT molecular complexity index is 497. The lowest BCUT2D eigenvalue weighted by Crippen LogP contribution is -1.99. The highest BCUT2D eigenvalue weighted by molar-refractivity contribution is 5.94. The standard InChI is InChI=1S/C11H12N2O2/c1-14-10-9(12)7-5-3-4-6-8(7)13-11(10)15-2/h3-6H,1-2H3,(H2,12,13). The van der Waals surface area contributed by atoms with Crippen molar-refractivity contribution in [1.82, 2.24) is 4.98 Å². The van der Waals surface area contributed by atoms with Gasteiger partial charge in [-0.1, -0.05) is 18.2 Å². The number of benzene rings is 1. The van der Waals surface area contributed by atoms with Crippen LogP contribution in [0, 0.1) is 0 Å². The number of methoxy groups -OCH3 is 2. The van der Waals surface area contributed by atoms with Gasteiger partial charge in [0.25, 0.3) is 5.88 Å². The van der Waals surface area contributed by atoms with E-state index in [1.54, 1.807) is 14.2 Å². The van der Waals surface area contributed by atoms with Gasteiger partial charge in [0.15, 0.2) is 0 Å². The van der Waals surface area contributed by atoms with E-state index in [-0.39, 0.29) is 0 Å². The molecule has 1 heterocycles. The lowest BCUT2D eigenvalue weighted by molar-refractivity contribution is 0.346. The van der Waals surface area contributed by atoms with Crippen molar-refractivity contribution in [2.75, 3.05) is 20.0 Å². The monoisotopic (exact) mass is 204 g/mol. The molecule has 2 rings (SSSR count). The minimum Gasteiger partial charge on any atom is -0.490 e. The number of hydrogen-bond donors (Lipinski definition) is 1. The third-order valence-electron chi connectivity index (χ3n) is 2.25. The summed E-state index contributed by atoms with van der Waals surface area (Å²) < 4.78 is 10.3. The topological polar surface area (TPSA) is 57.4 Å². The number of hydrogen-bond acceptors (Lipinski definition) is 4. The van der Waals surface area contributed by atoms with E-state index in [4.69, 9.17) is 15.2 Å². The molecule has 0 saturated heterocycles. The number of pyridine rings is 1. The van der Waals surface area contributed by atoms with Gasteiger partial charge in [-0.15, -0.1) is 0 Å². The maximum Gasteiger partial charge on any atom is 0.259 e. The Morgan fingerprint density at radius 1 is 1.13 bits per heavy atom. The summed E-state index contributed by atoms with van der Waals surface area (Å²) in [5.74, 6) is 0.893. The maximum atomic E-state index is 5.96. The molecular weight excluding hydrogens is 192 g/mol. The maximum absolute atomic E-state index is 5.96. The molecule has 2 aromatic rings. The smallest absolute Gasteiger partial charge is 0.259 e. The molecule has 0 aliphatic carbocycles. The number of fused-ring (bicyclic) bond motifs is 1. The van der Waals surface area contributed by atoms with E-state index < -0.39 is 0 Å². The van der Waals surface area contributed by atoms with Crippen LogP contribution in [0.4, 0.5) is 5.69 Å². The lowest BCUT2D eigenvalue weighted by Gasteiger charge is -2.11. The van der Waals surface area contributed by atoms with Crippen LogP contribution in [0.1, 0.15) is 0 Å². The highest BCUT2D eigenvalue weighted by Crippen LogP contribution is 2.36. The summed E-state index contributed by atoms with van der Waals surface area (Å²) in [6.45, 7) is 0. The molecule has 4 heteroatoms. The van der Waals surface area contributed by atoms with E-state index in [1.807, 2.05) is 24.3 Å². The minimum atomic E-state index is 0.411. The van der Waals surface area contributed by atoms with Crippen LogP contribution in [-0.4, -0.2) is 19.2 Å². The molecule has 0 unspecified atom stereocenters. The summed E-state index contributed by atoms with van der Waals surface area (Å²) >= 11 is 0.